The molecule has 0 aromatic rings. The van der Waals surface area contributed by atoms with Crippen molar-refractivity contribution in [1.82, 2.24) is 0 Å². The molecule has 0 heterocycles. The molecule has 0 bridgehead atoms. The molecule has 0 radical (unpaired) electrons. The molecule has 1 fully saturated rings. The van der Waals surface area contributed by atoms with Crippen LogP contribution in [0.25, 0.3) is 0 Å². The van der Waals surface area contributed by atoms with Crippen molar-refractivity contribution in [3.05, 3.63) is 0 Å². The highest BCUT2D eigenvalue weighted by atomic mass is 16.1. The van der Waals surface area contributed by atoms with Crippen molar-refractivity contribution < 1.29 is 9.59 Å². The summed E-state index contributed by atoms with van der Waals surface area (Å²) in [5.41, 5.74) is 0. The highest BCUT2D eigenvalue weighted by Gasteiger charge is 2.31. The number of Topliss-reactive ketones (excluding diaryl/α,β-unsaturated/α-hetero) is 2. The SMILES string of the molecule is CC(=O)C1CCC(C(C)=O)C(C)C1. The molecular formula is C11H18O2. The fraction of sp³-hybridized carbons (Fsp3) is 0.818. The van der Waals surface area contributed by atoms with Crippen molar-refractivity contribution in [2.24, 2.45) is 17.8 Å². The van der Waals surface area contributed by atoms with E-state index in [1.807, 2.05) is 0 Å². The molecule has 0 saturated heterocycles. The Morgan fingerprint density at radius 1 is 1.08 bits per heavy atom. The van der Waals surface area contributed by atoms with E-state index in [1.165, 1.54) is 0 Å². The third kappa shape index (κ3) is 2.39. The summed E-state index contributed by atoms with van der Waals surface area (Å²) in [6.07, 6.45) is 2.71. The van der Waals surface area contributed by atoms with Crippen LogP contribution >= 0.6 is 0 Å². The Bertz CT molecular complexity index is 220. The molecule has 13 heavy (non-hydrogen) atoms. The second-order valence-corrected chi connectivity index (χ2v) is 4.32. The van der Waals surface area contributed by atoms with Gasteiger partial charge >= 0.3 is 0 Å². The molecule has 74 valence electrons. The van der Waals surface area contributed by atoms with Crippen molar-refractivity contribution in [1.29, 1.82) is 0 Å². The number of carbonyl (C=O) groups excluding carboxylic acids is 2. The summed E-state index contributed by atoms with van der Waals surface area (Å²) in [5, 5.41) is 0. The minimum absolute atomic E-state index is 0.204. The maximum absolute atomic E-state index is 11.2. The zero-order valence-electron chi connectivity index (χ0n) is 8.67. The van der Waals surface area contributed by atoms with E-state index in [-0.39, 0.29) is 23.4 Å². The van der Waals surface area contributed by atoms with Gasteiger partial charge in [0.1, 0.15) is 11.6 Å². The molecule has 1 aliphatic carbocycles. The molecule has 0 amide bonds. The van der Waals surface area contributed by atoms with E-state index in [9.17, 15) is 9.59 Å². The smallest absolute Gasteiger partial charge is 0.133 e. The average molecular weight is 182 g/mol. The summed E-state index contributed by atoms with van der Waals surface area (Å²) in [7, 11) is 0. The number of hydrogen-bond donors (Lipinski definition) is 0. The van der Waals surface area contributed by atoms with E-state index in [4.69, 9.17) is 0 Å². The molecule has 0 aromatic carbocycles. The summed E-state index contributed by atoms with van der Waals surface area (Å²) in [5.74, 6) is 1.38. The molecule has 0 spiro atoms. The molecule has 1 saturated carbocycles. The molecule has 3 atom stereocenters. The normalized spacial score (nSPS) is 34.2. The Hall–Kier alpha value is -0.660. The van der Waals surface area contributed by atoms with Crippen molar-refractivity contribution in [3.63, 3.8) is 0 Å². The average Bonchev–Trinajstić information content (AvgIpc) is 2.03. The molecule has 1 aliphatic rings. The van der Waals surface area contributed by atoms with Gasteiger partial charge in [0.25, 0.3) is 0 Å². The van der Waals surface area contributed by atoms with E-state index in [0.29, 0.717) is 5.92 Å². The Labute approximate surface area is 79.7 Å². The van der Waals surface area contributed by atoms with Crippen molar-refractivity contribution in [3.8, 4) is 0 Å². The van der Waals surface area contributed by atoms with Crippen LogP contribution in [0.3, 0.4) is 0 Å². The van der Waals surface area contributed by atoms with E-state index in [2.05, 4.69) is 6.92 Å². The van der Waals surface area contributed by atoms with Gasteiger partial charge in [-0.05, 0) is 39.0 Å². The van der Waals surface area contributed by atoms with Gasteiger partial charge in [-0.15, -0.1) is 0 Å². The monoisotopic (exact) mass is 182 g/mol. The number of rotatable bonds is 2. The van der Waals surface area contributed by atoms with Crippen LogP contribution in [0.4, 0.5) is 0 Å². The molecule has 1 rings (SSSR count). The Morgan fingerprint density at radius 2 is 1.69 bits per heavy atom. The van der Waals surface area contributed by atoms with Crippen molar-refractivity contribution >= 4 is 11.6 Å². The van der Waals surface area contributed by atoms with Crippen LogP contribution in [0.15, 0.2) is 0 Å². The second-order valence-electron chi connectivity index (χ2n) is 4.32. The van der Waals surface area contributed by atoms with Crippen LogP contribution in [-0.4, -0.2) is 11.6 Å². The van der Waals surface area contributed by atoms with E-state index in [1.54, 1.807) is 13.8 Å². The maximum atomic E-state index is 11.2. The van der Waals surface area contributed by atoms with Crippen LogP contribution in [0.1, 0.15) is 40.0 Å². The fourth-order valence-electron chi connectivity index (χ4n) is 2.37. The summed E-state index contributed by atoms with van der Waals surface area (Å²) in [6, 6.07) is 0. The lowest BCUT2D eigenvalue weighted by atomic mass is 9.72. The summed E-state index contributed by atoms with van der Waals surface area (Å²) < 4.78 is 0. The highest BCUT2D eigenvalue weighted by Crippen LogP contribution is 2.34. The summed E-state index contributed by atoms with van der Waals surface area (Å²) >= 11 is 0. The summed E-state index contributed by atoms with van der Waals surface area (Å²) in [6.45, 7) is 5.40. The largest absolute Gasteiger partial charge is 0.300 e. The van der Waals surface area contributed by atoms with Gasteiger partial charge in [0, 0.05) is 11.8 Å². The lowest BCUT2D eigenvalue weighted by Gasteiger charge is -2.31. The number of ketones is 2. The predicted molar refractivity (Wildman–Crippen MR) is 51.4 cm³/mol. The third-order valence-electron chi connectivity index (χ3n) is 3.27. The third-order valence-corrected chi connectivity index (χ3v) is 3.27. The van der Waals surface area contributed by atoms with E-state index in [0.717, 1.165) is 19.3 Å². The van der Waals surface area contributed by atoms with Gasteiger partial charge in [-0.2, -0.15) is 0 Å². The van der Waals surface area contributed by atoms with Crippen molar-refractivity contribution in [2.45, 2.75) is 40.0 Å². The Balaban J connectivity index is 2.56. The molecule has 0 aromatic heterocycles. The maximum Gasteiger partial charge on any atom is 0.133 e. The molecule has 2 heteroatoms. The van der Waals surface area contributed by atoms with Crippen LogP contribution in [-0.2, 0) is 9.59 Å². The first-order valence-corrected chi connectivity index (χ1v) is 5.03. The van der Waals surface area contributed by atoms with Crippen LogP contribution in [0.2, 0.25) is 0 Å². The van der Waals surface area contributed by atoms with Gasteiger partial charge in [-0.3, -0.25) is 9.59 Å². The van der Waals surface area contributed by atoms with Crippen LogP contribution in [0, 0.1) is 17.8 Å². The minimum atomic E-state index is 0.204. The highest BCUT2D eigenvalue weighted by molar-refractivity contribution is 5.81. The van der Waals surface area contributed by atoms with Gasteiger partial charge < -0.3 is 0 Å². The van der Waals surface area contributed by atoms with Crippen LogP contribution in [0.5, 0.6) is 0 Å². The lowest BCUT2D eigenvalue weighted by molar-refractivity contribution is -0.128. The molecule has 0 aliphatic heterocycles. The van der Waals surface area contributed by atoms with E-state index < -0.39 is 0 Å². The quantitative estimate of drug-likeness (QED) is 0.656. The minimum Gasteiger partial charge on any atom is -0.300 e. The molecular weight excluding hydrogens is 164 g/mol. The van der Waals surface area contributed by atoms with Gasteiger partial charge in [-0.25, -0.2) is 0 Å². The van der Waals surface area contributed by atoms with Gasteiger partial charge in [0.15, 0.2) is 0 Å². The Morgan fingerprint density at radius 3 is 2.08 bits per heavy atom. The number of carbonyl (C=O) groups is 2. The predicted octanol–water partition coefficient (Wildman–Crippen LogP) is 2.22. The lowest BCUT2D eigenvalue weighted by Crippen LogP contribution is -2.30. The zero-order chi connectivity index (χ0) is 10.0. The second kappa shape index (κ2) is 4.03. The first-order chi connectivity index (χ1) is 6.02. The molecule has 0 N–H and O–H groups in total. The number of hydrogen-bond acceptors (Lipinski definition) is 2. The van der Waals surface area contributed by atoms with E-state index >= 15 is 0 Å². The van der Waals surface area contributed by atoms with Gasteiger partial charge in [0.05, 0.1) is 0 Å². The fourth-order valence-corrected chi connectivity index (χ4v) is 2.37. The zero-order valence-corrected chi connectivity index (χ0v) is 8.67. The first-order valence-electron chi connectivity index (χ1n) is 5.03. The van der Waals surface area contributed by atoms with Gasteiger partial charge in [-0.1, -0.05) is 6.92 Å². The topological polar surface area (TPSA) is 34.1 Å². The van der Waals surface area contributed by atoms with Crippen LogP contribution < -0.4 is 0 Å². The Kier molecular flexibility index (Phi) is 3.23. The first kappa shape index (κ1) is 10.4. The van der Waals surface area contributed by atoms with Gasteiger partial charge in [0.2, 0.25) is 0 Å². The van der Waals surface area contributed by atoms with Crippen molar-refractivity contribution in [2.75, 3.05) is 0 Å². The summed E-state index contributed by atoms with van der Waals surface area (Å²) in [4.78, 5) is 22.3. The molecule has 2 nitrogen and oxygen atoms in total. The molecule has 3 unspecified atom stereocenters. The standard InChI is InChI=1S/C11H18O2/c1-7-6-10(8(2)12)4-5-11(7)9(3)13/h7,10-11H,4-6H2,1-3H3.